The molecule has 0 bridgehead atoms. The number of hydrogen-bond donors (Lipinski definition) is 3. The minimum Gasteiger partial charge on any atom is -0.361 e. The van der Waals surface area contributed by atoms with Crippen molar-refractivity contribution in [3.63, 3.8) is 0 Å². The van der Waals surface area contributed by atoms with Gasteiger partial charge in [0.2, 0.25) is 0 Å². The molecule has 4 rings (SSSR count). The number of H-pyrrole nitrogens is 1. The number of nitrogens with one attached hydrogen (secondary N) is 3. The molecule has 0 aliphatic carbocycles. The Morgan fingerprint density at radius 2 is 2.08 bits per heavy atom. The van der Waals surface area contributed by atoms with Crippen LogP contribution in [0.5, 0.6) is 0 Å². The summed E-state index contributed by atoms with van der Waals surface area (Å²) in [6, 6.07) is 5.49. The molecule has 3 N–H and O–H groups in total. The summed E-state index contributed by atoms with van der Waals surface area (Å²) in [5.41, 5.74) is 4.76. The van der Waals surface area contributed by atoms with E-state index >= 15 is 0 Å². The van der Waals surface area contributed by atoms with Crippen LogP contribution in [-0.4, -0.2) is 42.0 Å². The molecule has 2 aromatic rings. The summed E-state index contributed by atoms with van der Waals surface area (Å²) in [4.78, 5) is 28.5. The number of likely N-dealkylation sites (N-methyl/N-ethyl adjacent to an activating group) is 1. The van der Waals surface area contributed by atoms with Crippen LogP contribution in [0, 0.1) is 0 Å². The number of hydrogen-bond acceptors (Lipinski definition) is 3. The SMILES string of the molecule is CN1CC=C(c2c[nH]c3ccc(/C=C4\NC(=O)NC4=O)cc23)CC1. The minimum absolute atomic E-state index is 0.273. The van der Waals surface area contributed by atoms with Crippen molar-refractivity contribution < 1.29 is 9.59 Å². The zero-order valence-electron chi connectivity index (χ0n) is 13.3. The molecule has 2 aliphatic heterocycles. The molecule has 24 heavy (non-hydrogen) atoms. The fourth-order valence-corrected chi connectivity index (χ4v) is 3.16. The zero-order valence-corrected chi connectivity index (χ0v) is 13.3. The highest BCUT2D eigenvalue weighted by Crippen LogP contribution is 2.30. The lowest BCUT2D eigenvalue weighted by atomic mass is 9.98. The summed E-state index contributed by atoms with van der Waals surface area (Å²) in [5, 5.41) is 5.85. The number of rotatable bonds is 2. The molecule has 1 saturated heterocycles. The van der Waals surface area contributed by atoms with E-state index < -0.39 is 11.9 Å². The Bertz CT molecular complexity index is 907. The van der Waals surface area contributed by atoms with Crippen LogP contribution in [0.3, 0.4) is 0 Å². The molecule has 0 saturated carbocycles. The van der Waals surface area contributed by atoms with Crippen LogP contribution in [0.1, 0.15) is 17.5 Å². The zero-order chi connectivity index (χ0) is 16.7. The van der Waals surface area contributed by atoms with Crippen molar-refractivity contribution in [1.29, 1.82) is 0 Å². The summed E-state index contributed by atoms with van der Waals surface area (Å²) in [7, 11) is 2.12. The van der Waals surface area contributed by atoms with Gasteiger partial charge in [0.25, 0.3) is 5.91 Å². The number of amides is 3. The van der Waals surface area contributed by atoms with E-state index in [1.807, 2.05) is 24.4 Å². The summed E-state index contributed by atoms with van der Waals surface area (Å²) >= 11 is 0. The highest BCUT2D eigenvalue weighted by atomic mass is 16.2. The first kappa shape index (κ1) is 14.7. The second kappa shape index (κ2) is 5.65. The van der Waals surface area contributed by atoms with Gasteiger partial charge in [-0.3, -0.25) is 10.1 Å². The molecule has 6 nitrogen and oxygen atoms in total. The van der Waals surface area contributed by atoms with Gasteiger partial charge >= 0.3 is 6.03 Å². The first-order chi connectivity index (χ1) is 11.6. The highest BCUT2D eigenvalue weighted by molar-refractivity contribution is 6.14. The Labute approximate surface area is 139 Å². The first-order valence-electron chi connectivity index (χ1n) is 7.93. The van der Waals surface area contributed by atoms with Crippen LogP contribution in [0.2, 0.25) is 0 Å². The molecule has 6 heteroatoms. The summed E-state index contributed by atoms with van der Waals surface area (Å²) in [6.45, 7) is 2.01. The van der Waals surface area contributed by atoms with Crippen LogP contribution in [0.4, 0.5) is 4.79 Å². The number of fused-ring (bicyclic) bond motifs is 1. The number of imide groups is 1. The number of carbonyl (C=O) groups excluding carboxylic acids is 2. The van der Waals surface area contributed by atoms with Gasteiger partial charge in [0.1, 0.15) is 5.70 Å². The lowest BCUT2D eigenvalue weighted by Crippen LogP contribution is -2.23. The van der Waals surface area contributed by atoms with E-state index in [0.29, 0.717) is 0 Å². The van der Waals surface area contributed by atoms with E-state index in [-0.39, 0.29) is 5.70 Å². The van der Waals surface area contributed by atoms with Crippen LogP contribution in [-0.2, 0) is 4.79 Å². The molecule has 1 aromatic carbocycles. The monoisotopic (exact) mass is 322 g/mol. The van der Waals surface area contributed by atoms with E-state index in [9.17, 15) is 9.59 Å². The van der Waals surface area contributed by atoms with E-state index in [1.54, 1.807) is 6.08 Å². The van der Waals surface area contributed by atoms with Gasteiger partial charge in [-0.2, -0.15) is 0 Å². The maximum Gasteiger partial charge on any atom is 0.326 e. The van der Waals surface area contributed by atoms with Crippen LogP contribution < -0.4 is 10.6 Å². The number of aromatic nitrogens is 1. The van der Waals surface area contributed by atoms with E-state index in [4.69, 9.17) is 0 Å². The molecule has 0 spiro atoms. The van der Waals surface area contributed by atoms with Crippen molar-refractivity contribution >= 4 is 34.5 Å². The Morgan fingerprint density at radius 3 is 2.79 bits per heavy atom. The molecule has 0 unspecified atom stereocenters. The molecule has 122 valence electrons. The summed E-state index contributed by atoms with van der Waals surface area (Å²) < 4.78 is 0. The average Bonchev–Trinajstić information content (AvgIpc) is 3.11. The standard InChI is InChI=1S/C18H18N4O2/c1-22-6-4-12(5-7-22)14-10-19-15-3-2-11(8-13(14)15)9-16-17(23)21-18(24)20-16/h2-4,8-10,19H,5-7H2,1H3,(H2,20,21,23,24)/b16-9-. The quantitative estimate of drug-likeness (QED) is 0.585. The van der Waals surface area contributed by atoms with Crippen molar-refractivity contribution in [3.8, 4) is 0 Å². The van der Waals surface area contributed by atoms with E-state index in [2.05, 4.69) is 33.6 Å². The molecule has 1 fully saturated rings. The van der Waals surface area contributed by atoms with Crippen LogP contribution in [0.25, 0.3) is 22.6 Å². The highest BCUT2D eigenvalue weighted by Gasteiger charge is 2.22. The third kappa shape index (κ3) is 2.61. The van der Waals surface area contributed by atoms with Gasteiger partial charge in [-0.25, -0.2) is 4.79 Å². The minimum atomic E-state index is -0.480. The predicted molar refractivity (Wildman–Crippen MR) is 93.0 cm³/mol. The lowest BCUT2D eigenvalue weighted by Gasteiger charge is -2.21. The summed E-state index contributed by atoms with van der Waals surface area (Å²) in [6.07, 6.45) is 7.03. The van der Waals surface area contributed by atoms with Crippen molar-refractivity contribution in [2.45, 2.75) is 6.42 Å². The maximum absolute atomic E-state index is 11.7. The molecule has 2 aliphatic rings. The Hall–Kier alpha value is -2.86. The fourth-order valence-electron chi connectivity index (χ4n) is 3.16. The molecule has 0 radical (unpaired) electrons. The van der Waals surface area contributed by atoms with Crippen molar-refractivity contribution in [3.05, 3.63) is 47.3 Å². The molecular weight excluding hydrogens is 304 g/mol. The van der Waals surface area contributed by atoms with Gasteiger partial charge in [-0.05, 0) is 42.8 Å². The average molecular weight is 322 g/mol. The first-order valence-corrected chi connectivity index (χ1v) is 7.93. The molecule has 1 aromatic heterocycles. The predicted octanol–water partition coefficient (Wildman–Crippen LogP) is 2.07. The number of aromatic amines is 1. The smallest absolute Gasteiger partial charge is 0.326 e. The van der Waals surface area contributed by atoms with E-state index in [0.717, 1.165) is 36.0 Å². The number of nitrogens with zero attached hydrogens (tertiary/aromatic N) is 1. The normalized spacial score (nSPS) is 20.4. The van der Waals surface area contributed by atoms with Gasteiger partial charge < -0.3 is 15.2 Å². The molecular formula is C18H18N4O2. The second-order valence-corrected chi connectivity index (χ2v) is 6.22. The van der Waals surface area contributed by atoms with Gasteiger partial charge in [0, 0.05) is 35.8 Å². The Morgan fingerprint density at radius 1 is 1.21 bits per heavy atom. The van der Waals surface area contributed by atoms with Crippen LogP contribution in [0.15, 0.2) is 36.2 Å². The lowest BCUT2D eigenvalue weighted by molar-refractivity contribution is -0.115. The Kier molecular flexibility index (Phi) is 3.46. The van der Waals surface area contributed by atoms with Gasteiger partial charge in [-0.15, -0.1) is 0 Å². The second-order valence-electron chi connectivity index (χ2n) is 6.22. The number of carbonyl (C=O) groups is 2. The largest absolute Gasteiger partial charge is 0.361 e. The van der Waals surface area contributed by atoms with E-state index in [1.165, 1.54) is 11.1 Å². The third-order valence-electron chi connectivity index (χ3n) is 4.49. The number of urea groups is 1. The topological polar surface area (TPSA) is 77.2 Å². The van der Waals surface area contributed by atoms with Crippen molar-refractivity contribution in [1.82, 2.24) is 20.5 Å². The Balaban J connectivity index is 1.73. The van der Waals surface area contributed by atoms with Gasteiger partial charge in [-0.1, -0.05) is 12.1 Å². The van der Waals surface area contributed by atoms with Crippen molar-refractivity contribution in [2.24, 2.45) is 0 Å². The summed E-state index contributed by atoms with van der Waals surface area (Å²) in [5.74, 6) is -0.396. The molecule has 3 heterocycles. The third-order valence-corrected chi connectivity index (χ3v) is 4.49. The van der Waals surface area contributed by atoms with Gasteiger partial charge in [0.05, 0.1) is 0 Å². The van der Waals surface area contributed by atoms with Crippen molar-refractivity contribution in [2.75, 3.05) is 20.1 Å². The molecule has 3 amide bonds. The fraction of sp³-hybridized carbons (Fsp3) is 0.222. The number of benzene rings is 1. The maximum atomic E-state index is 11.7. The molecule has 0 atom stereocenters. The van der Waals surface area contributed by atoms with Gasteiger partial charge in [0.15, 0.2) is 0 Å². The van der Waals surface area contributed by atoms with Crippen LogP contribution >= 0.6 is 0 Å².